The van der Waals surface area contributed by atoms with Crippen molar-refractivity contribution in [2.45, 2.75) is 51.0 Å². The monoisotopic (exact) mass is 248 g/mol. The second-order valence-electron chi connectivity index (χ2n) is 5.03. The summed E-state index contributed by atoms with van der Waals surface area (Å²) in [5, 5.41) is 3.48. The first kappa shape index (κ1) is 13.3. The summed E-state index contributed by atoms with van der Waals surface area (Å²) in [6.07, 6.45) is 10.3. The van der Waals surface area contributed by atoms with Crippen LogP contribution in [0.1, 0.15) is 50.5 Å². The Labute approximate surface area is 110 Å². The lowest BCUT2D eigenvalue weighted by atomic mass is 9.88. The minimum Gasteiger partial charge on any atom is -0.492 e. The minimum absolute atomic E-state index is 0.574. The van der Waals surface area contributed by atoms with Crippen LogP contribution in [0.5, 0.6) is 5.75 Å². The van der Waals surface area contributed by atoms with E-state index in [1.165, 1.54) is 37.7 Å². The molecule has 0 saturated heterocycles. The van der Waals surface area contributed by atoms with Gasteiger partial charge in [-0.15, -0.1) is 0 Å². The number of rotatable bonds is 4. The summed E-state index contributed by atoms with van der Waals surface area (Å²) in [7, 11) is 2.07. The standard InChI is InChI=1S/C15H24N2O/c1-3-18-13-9-12(10-17-11-13)14-7-5-4-6-8-15(14)16-2/h9-11,14-16H,3-8H2,1-2H3. The summed E-state index contributed by atoms with van der Waals surface area (Å²) < 4.78 is 5.55. The Morgan fingerprint density at radius 1 is 1.28 bits per heavy atom. The molecular weight excluding hydrogens is 224 g/mol. The number of likely N-dealkylation sites (N-methyl/N-ethyl adjacent to an activating group) is 1. The predicted molar refractivity (Wildman–Crippen MR) is 74.1 cm³/mol. The second kappa shape index (κ2) is 6.74. The molecule has 1 saturated carbocycles. The smallest absolute Gasteiger partial charge is 0.137 e. The molecule has 1 aromatic rings. The molecule has 1 N–H and O–H groups in total. The fourth-order valence-corrected chi connectivity index (χ4v) is 2.94. The van der Waals surface area contributed by atoms with Gasteiger partial charge in [0.1, 0.15) is 5.75 Å². The van der Waals surface area contributed by atoms with Crippen LogP contribution in [0.25, 0.3) is 0 Å². The third-order valence-corrected chi connectivity index (χ3v) is 3.86. The molecule has 3 nitrogen and oxygen atoms in total. The van der Waals surface area contributed by atoms with Crippen molar-refractivity contribution < 1.29 is 4.74 Å². The number of pyridine rings is 1. The van der Waals surface area contributed by atoms with E-state index in [4.69, 9.17) is 4.74 Å². The molecule has 0 bridgehead atoms. The molecule has 18 heavy (non-hydrogen) atoms. The van der Waals surface area contributed by atoms with Crippen LogP contribution in [0.3, 0.4) is 0 Å². The fraction of sp³-hybridized carbons (Fsp3) is 0.667. The molecule has 1 aliphatic rings. The molecule has 1 heterocycles. The van der Waals surface area contributed by atoms with E-state index in [1.54, 1.807) is 6.20 Å². The molecule has 2 rings (SSSR count). The minimum atomic E-state index is 0.574. The molecule has 3 heteroatoms. The van der Waals surface area contributed by atoms with Crippen LogP contribution < -0.4 is 10.1 Å². The van der Waals surface area contributed by atoms with Crippen LogP contribution in [0.2, 0.25) is 0 Å². The van der Waals surface area contributed by atoms with E-state index in [-0.39, 0.29) is 0 Å². The van der Waals surface area contributed by atoms with Gasteiger partial charge in [-0.25, -0.2) is 0 Å². The SMILES string of the molecule is CCOc1cncc(C2CCCCCC2NC)c1. The van der Waals surface area contributed by atoms with E-state index < -0.39 is 0 Å². The lowest BCUT2D eigenvalue weighted by molar-refractivity contribution is 0.337. The zero-order chi connectivity index (χ0) is 12.8. The van der Waals surface area contributed by atoms with Gasteiger partial charge in [-0.2, -0.15) is 0 Å². The van der Waals surface area contributed by atoms with Crippen molar-refractivity contribution >= 4 is 0 Å². The van der Waals surface area contributed by atoms with Crippen molar-refractivity contribution in [1.29, 1.82) is 0 Å². The van der Waals surface area contributed by atoms with E-state index in [9.17, 15) is 0 Å². The van der Waals surface area contributed by atoms with Crippen molar-refractivity contribution in [3.63, 3.8) is 0 Å². The molecule has 2 unspecified atom stereocenters. The number of nitrogens with one attached hydrogen (secondary N) is 1. The Bertz CT molecular complexity index is 367. The zero-order valence-electron chi connectivity index (χ0n) is 11.5. The lowest BCUT2D eigenvalue weighted by Gasteiger charge is -2.25. The first-order valence-corrected chi connectivity index (χ1v) is 7.10. The van der Waals surface area contributed by atoms with Gasteiger partial charge in [0.2, 0.25) is 0 Å². The van der Waals surface area contributed by atoms with Crippen LogP contribution >= 0.6 is 0 Å². The molecule has 1 fully saturated rings. The molecule has 0 amide bonds. The molecule has 1 aromatic heterocycles. The summed E-state index contributed by atoms with van der Waals surface area (Å²) in [6, 6.07) is 2.74. The Balaban J connectivity index is 2.18. The molecule has 2 atom stereocenters. The third-order valence-electron chi connectivity index (χ3n) is 3.86. The molecule has 1 aliphatic carbocycles. The number of aromatic nitrogens is 1. The number of hydrogen-bond donors (Lipinski definition) is 1. The Morgan fingerprint density at radius 3 is 2.89 bits per heavy atom. The maximum Gasteiger partial charge on any atom is 0.137 e. The van der Waals surface area contributed by atoms with Gasteiger partial charge in [-0.3, -0.25) is 4.98 Å². The first-order chi connectivity index (χ1) is 8.85. The van der Waals surface area contributed by atoms with Crippen molar-refractivity contribution in [3.05, 3.63) is 24.0 Å². The van der Waals surface area contributed by atoms with E-state index in [0.717, 1.165) is 5.75 Å². The Hall–Kier alpha value is -1.09. The van der Waals surface area contributed by atoms with E-state index >= 15 is 0 Å². The first-order valence-electron chi connectivity index (χ1n) is 7.10. The molecule has 0 aliphatic heterocycles. The highest BCUT2D eigenvalue weighted by Gasteiger charge is 2.24. The average Bonchev–Trinajstić information content (AvgIpc) is 2.64. The summed E-state index contributed by atoms with van der Waals surface area (Å²) in [6.45, 7) is 2.71. The summed E-state index contributed by atoms with van der Waals surface area (Å²) in [5.74, 6) is 1.47. The van der Waals surface area contributed by atoms with Gasteiger partial charge < -0.3 is 10.1 Å². The highest BCUT2D eigenvalue weighted by molar-refractivity contribution is 5.27. The van der Waals surface area contributed by atoms with Gasteiger partial charge in [0.25, 0.3) is 0 Å². The van der Waals surface area contributed by atoms with Crippen LogP contribution in [-0.4, -0.2) is 24.7 Å². The van der Waals surface area contributed by atoms with E-state index in [2.05, 4.69) is 23.4 Å². The molecule has 0 aromatic carbocycles. The molecule has 0 radical (unpaired) electrons. The quantitative estimate of drug-likeness (QED) is 0.831. The number of hydrogen-bond acceptors (Lipinski definition) is 3. The second-order valence-corrected chi connectivity index (χ2v) is 5.03. The van der Waals surface area contributed by atoms with E-state index in [1.807, 2.05) is 13.1 Å². The average molecular weight is 248 g/mol. The van der Waals surface area contributed by atoms with Crippen LogP contribution in [0.15, 0.2) is 18.5 Å². The van der Waals surface area contributed by atoms with Gasteiger partial charge in [0.15, 0.2) is 0 Å². The summed E-state index contributed by atoms with van der Waals surface area (Å²) >= 11 is 0. The summed E-state index contributed by atoms with van der Waals surface area (Å²) in [5.41, 5.74) is 1.32. The van der Waals surface area contributed by atoms with Crippen molar-refractivity contribution in [3.8, 4) is 5.75 Å². The largest absolute Gasteiger partial charge is 0.492 e. The number of ether oxygens (including phenoxy) is 1. The predicted octanol–water partition coefficient (Wildman–Crippen LogP) is 3.12. The zero-order valence-corrected chi connectivity index (χ0v) is 11.5. The topological polar surface area (TPSA) is 34.1 Å². The molecule has 100 valence electrons. The number of nitrogens with zero attached hydrogens (tertiary/aromatic N) is 1. The maximum atomic E-state index is 5.55. The van der Waals surface area contributed by atoms with Gasteiger partial charge >= 0.3 is 0 Å². The van der Waals surface area contributed by atoms with E-state index in [0.29, 0.717) is 18.6 Å². The molecule has 0 spiro atoms. The summed E-state index contributed by atoms with van der Waals surface area (Å²) in [4.78, 5) is 4.33. The Morgan fingerprint density at radius 2 is 2.11 bits per heavy atom. The van der Waals surface area contributed by atoms with Crippen LogP contribution in [0.4, 0.5) is 0 Å². The van der Waals surface area contributed by atoms with Crippen molar-refractivity contribution in [2.75, 3.05) is 13.7 Å². The molecular formula is C15H24N2O. The fourth-order valence-electron chi connectivity index (χ4n) is 2.94. The lowest BCUT2D eigenvalue weighted by Crippen LogP contribution is -2.31. The highest BCUT2D eigenvalue weighted by atomic mass is 16.5. The highest BCUT2D eigenvalue weighted by Crippen LogP contribution is 2.32. The van der Waals surface area contributed by atoms with Gasteiger partial charge in [-0.05, 0) is 38.4 Å². The Kier molecular flexibility index (Phi) is 5.00. The van der Waals surface area contributed by atoms with Crippen LogP contribution in [-0.2, 0) is 0 Å². The van der Waals surface area contributed by atoms with Gasteiger partial charge in [0.05, 0.1) is 12.8 Å². The normalized spacial score (nSPS) is 24.6. The van der Waals surface area contributed by atoms with Gasteiger partial charge in [-0.1, -0.05) is 19.3 Å². The van der Waals surface area contributed by atoms with Crippen molar-refractivity contribution in [2.24, 2.45) is 0 Å². The third kappa shape index (κ3) is 3.22. The van der Waals surface area contributed by atoms with Crippen LogP contribution in [0, 0.1) is 0 Å². The van der Waals surface area contributed by atoms with Gasteiger partial charge in [0, 0.05) is 18.2 Å². The van der Waals surface area contributed by atoms with Crippen molar-refractivity contribution in [1.82, 2.24) is 10.3 Å². The maximum absolute atomic E-state index is 5.55.